The smallest absolute Gasteiger partial charge is 0.320 e. The molecule has 0 spiro atoms. The summed E-state index contributed by atoms with van der Waals surface area (Å²) in [6.07, 6.45) is -0.0226. The van der Waals surface area contributed by atoms with Gasteiger partial charge in [0, 0.05) is 0 Å². The molecule has 1 saturated heterocycles. The Balaban J connectivity index is 2.01. The molecule has 18 heavy (non-hydrogen) atoms. The zero-order chi connectivity index (χ0) is 13.1. The first-order valence-electron chi connectivity index (χ1n) is 5.57. The summed E-state index contributed by atoms with van der Waals surface area (Å²) in [5, 5.41) is 8.67. The van der Waals surface area contributed by atoms with Crippen LogP contribution < -0.4 is 10.5 Å². The second kappa shape index (κ2) is 5.32. The van der Waals surface area contributed by atoms with Crippen LogP contribution in [0.4, 0.5) is 4.39 Å². The first-order chi connectivity index (χ1) is 8.56. The molecule has 0 aliphatic carbocycles. The summed E-state index contributed by atoms with van der Waals surface area (Å²) in [4.78, 5) is 10.6. The van der Waals surface area contributed by atoms with Crippen molar-refractivity contribution in [1.82, 2.24) is 0 Å². The van der Waals surface area contributed by atoms with Crippen molar-refractivity contribution < 1.29 is 23.8 Å². The van der Waals surface area contributed by atoms with Crippen molar-refractivity contribution in [2.75, 3.05) is 13.2 Å². The van der Waals surface area contributed by atoms with Crippen molar-refractivity contribution in [3.05, 3.63) is 29.6 Å². The molecule has 0 radical (unpaired) electrons. The highest BCUT2D eigenvalue weighted by atomic mass is 19.1. The third-order valence-corrected chi connectivity index (χ3v) is 2.67. The molecule has 6 heteroatoms. The minimum atomic E-state index is -1.11. The fourth-order valence-electron chi connectivity index (χ4n) is 1.57. The molecule has 0 unspecified atom stereocenters. The van der Waals surface area contributed by atoms with Crippen LogP contribution >= 0.6 is 0 Å². The number of halogens is 1. The minimum absolute atomic E-state index is 0.0824. The van der Waals surface area contributed by atoms with Crippen molar-refractivity contribution in [2.45, 2.75) is 18.6 Å². The number of carboxylic acids is 1. The summed E-state index contributed by atoms with van der Waals surface area (Å²) in [7, 11) is 0. The van der Waals surface area contributed by atoms with E-state index in [4.69, 9.17) is 20.3 Å². The van der Waals surface area contributed by atoms with E-state index in [9.17, 15) is 9.18 Å². The zero-order valence-corrected chi connectivity index (χ0v) is 9.64. The number of ether oxygens (including phenoxy) is 2. The molecule has 1 fully saturated rings. The summed E-state index contributed by atoms with van der Waals surface area (Å²) in [6, 6.07) is 3.31. The Hall–Kier alpha value is -1.66. The summed E-state index contributed by atoms with van der Waals surface area (Å²) < 4.78 is 23.9. The molecule has 5 nitrogen and oxygen atoms in total. The Bertz CT molecular complexity index is 448. The highest BCUT2D eigenvalue weighted by Crippen LogP contribution is 2.22. The topological polar surface area (TPSA) is 81.8 Å². The van der Waals surface area contributed by atoms with Gasteiger partial charge in [0.1, 0.15) is 12.1 Å². The van der Waals surface area contributed by atoms with E-state index < -0.39 is 17.8 Å². The van der Waals surface area contributed by atoms with Crippen LogP contribution in [0.15, 0.2) is 18.2 Å². The van der Waals surface area contributed by atoms with E-state index >= 15 is 0 Å². The standard InChI is InChI=1S/C12H14FNO4/c13-9-3-7(4-10(14)12(15)16)1-2-11(9)18-8-5-17-6-8/h1-3,8,10H,4-6,14H2,(H,15,16)/t10-/m0/s1. The fraction of sp³-hybridized carbons (Fsp3) is 0.417. The van der Waals surface area contributed by atoms with Crippen LogP contribution in [-0.4, -0.2) is 36.4 Å². The third-order valence-electron chi connectivity index (χ3n) is 2.67. The van der Waals surface area contributed by atoms with Gasteiger partial charge in [0.25, 0.3) is 0 Å². The molecule has 1 aliphatic rings. The highest BCUT2D eigenvalue weighted by molar-refractivity contribution is 5.73. The van der Waals surface area contributed by atoms with Crippen LogP contribution in [0, 0.1) is 5.82 Å². The molecule has 1 heterocycles. The van der Waals surface area contributed by atoms with Gasteiger partial charge in [-0.25, -0.2) is 4.39 Å². The summed E-state index contributed by atoms with van der Waals surface area (Å²) >= 11 is 0. The maximum atomic E-state index is 13.7. The van der Waals surface area contributed by atoms with Gasteiger partial charge in [-0.05, 0) is 24.1 Å². The normalized spacial score (nSPS) is 17.0. The van der Waals surface area contributed by atoms with E-state index in [1.54, 1.807) is 6.07 Å². The Morgan fingerprint density at radius 1 is 1.61 bits per heavy atom. The van der Waals surface area contributed by atoms with Crippen LogP contribution in [0.1, 0.15) is 5.56 Å². The molecule has 2 rings (SSSR count). The van der Waals surface area contributed by atoms with E-state index in [2.05, 4.69) is 0 Å². The van der Waals surface area contributed by atoms with Crippen molar-refractivity contribution in [1.29, 1.82) is 0 Å². The van der Waals surface area contributed by atoms with Gasteiger partial charge >= 0.3 is 5.97 Å². The zero-order valence-electron chi connectivity index (χ0n) is 9.64. The van der Waals surface area contributed by atoms with Gasteiger partial charge in [-0.15, -0.1) is 0 Å². The van der Waals surface area contributed by atoms with Crippen LogP contribution in [0.25, 0.3) is 0 Å². The highest BCUT2D eigenvalue weighted by Gasteiger charge is 2.21. The maximum Gasteiger partial charge on any atom is 0.320 e. The molecular formula is C12H14FNO4. The number of nitrogens with two attached hydrogens (primary N) is 1. The number of carboxylic acid groups (broad SMARTS) is 1. The lowest BCUT2D eigenvalue weighted by atomic mass is 10.1. The molecule has 0 amide bonds. The van der Waals surface area contributed by atoms with Crippen LogP contribution in [0.2, 0.25) is 0 Å². The molecule has 0 aromatic heterocycles. The minimum Gasteiger partial charge on any atom is -0.483 e. The van der Waals surface area contributed by atoms with Gasteiger partial charge < -0.3 is 20.3 Å². The number of rotatable bonds is 5. The lowest BCUT2D eigenvalue weighted by Crippen LogP contribution is -2.38. The molecule has 1 atom stereocenters. The number of hydrogen-bond acceptors (Lipinski definition) is 4. The quantitative estimate of drug-likeness (QED) is 0.803. The second-order valence-electron chi connectivity index (χ2n) is 4.19. The molecule has 0 saturated carbocycles. The van der Waals surface area contributed by atoms with Gasteiger partial charge in [-0.2, -0.15) is 0 Å². The monoisotopic (exact) mass is 255 g/mol. The first-order valence-corrected chi connectivity index (χ1v) is 5.57. The molecule has 3 N–H and O–H groups in total. The van der Waals surface area contributed by atoms with Crippen molar-refractivity contribution in [3.8, 4) is 5.75 Å². The Kier molecular flexibility index (Phi) is 3.78. The molecule has 1 aliphatic heterocycles. The van der Waals surface area contributed by atoms with Gasteiger partial charge in [0.05, 0.1) is 13.2 Å². The van der Waals surface area contributed by atoms with E-state index in [0.717, 1.165) is 0 Å². The van der Waals surface area contributed by atoms with E-state index in [0.29, 0.717) is 18.8 Å². The Morgan fingerprint density at radius 2 is 2.33 bits per heavy atom. The lowest BCUT2D eigenvalue weighted by Gasteiger charge is -2.26. The predicted molar refractivity (Wildman–Crippen MR) is 61.0 cm³/mol. The number of benzene rings is 1. The fourth-order valence-corrected chi connectivity index (χ4v) is 1.57. The van der Waals surface area contributed by atoms with Gasteiger partial charge in [0.2, 0.25) is 0 Å². The summed E-state index contributed by atoms with van der Waals surface area (Å²) in [5.74, 6) is -1.48. The van der Waals surface area contributed by atoms with Gasteiger partial charge in [-0.1, -0.05) is 6.07 Å². The first kappa shape index (κ1) is 12.8. The second-order valence-corrected chi connectivity index (χ2v) is 4.19. The Labute approximate surface area is 103 Å². The van der Waals surface area contributed by atoms with E-state index in [1.165, 1.54) is 12.1 Å². The van der Waals surface area contributed by atoms with E-state index in [-0.39, 0.29) is 18.3 Å². The van der Waals surface area contributed by atoms with Crippen molar-refractivity contribution in [2.24, 2.45) is 5.73 Å². The average molecular weight is 255 g/mol. The number of aliphatic carboxylic acids is 1. The van der Waals surface area contributed by atoms with Gasteiger partial charge in [0.15, 0.2) is 11.6 Å². The molecule has 0 bridgehead atoms. The van der Waals surface area contributed by atoms with Crippen LogP contribution in [0.3, 0.4) is 0 Å². The van der Waals surface area contributed by atoms with Gasteiger partial charge in [-0.3, -0.25) is 4.79 Å². The third kappa shape index (κ3) is 2.96. The average Bonchev–Trinajstić information content (AvgIpc) is 2.25. The molecule has 98 valence electrons. The Morgan fingerprint density at radius 3 is 2.83 bits per heavy atom. The van der Waals surface area contributed by atoms with Crippen molar-refractivity contribution in [3.63, 3.8) is 0 Å². The lowest BCUT2D eigenvalue weighted by molar-refractivity contribution is -0.138. The molecular weight excluding hydrogens is 241 g/mol. The number of carbonyl (C=O) groups is 1. The largest absolute Gasteiger partial charge is 0.483 e. The van der Waals surface area contributed by atoms with E-state index in [1.807, 2.05) is 0 Å². The summed E-state index contributed by atoms with van der Waals surface area (Å²) in [6.45, 7) is 0.927. The maximum absolute atomic E-state index is 13.7. The van der Waals surface area contributed by atoms with Crippen LogP contribution in [-0.2, 0) is 16.0 Å². The predicted octanol–water partition coefficient (Wildman–Crippen LogP) is 0.558. The van der Waals surface area contributed by atoms with Crippen LogP contribution in [0.5, 0.6) is 5.75 Å². The SMILES string of the molecule is N[C@@H](Cc1ccc(OC2COC2)c(F)c1)C(=O)O. The molecule has 1 aromatic carbocycles. The van der Waals surface area contributed by atoms with Crippen molar-refractivity contribution >= 4 is 5.97 Å². The molecule has 1 aromatic rings. The summed E-state index contributed by atoms with van der Waals surface area (Å²) in [5.41, 5.74) is 5.91. The number of hydrogen-bond donors (Lipinski definition) is 2.